The van der Waals surface area contributed by atoms with Gasteiger partial charge in [-0.05, 0) is 13.3 Å². The molecule has 0 aliphatic heterocycles. The maximum atomic E-state index is 10.3. The van der Waals surface area contributed by atoms with E-state index in [-0.39, 0.29) is 0 Å². The van der Waals surface area contributed by atoms with E-state index in [1.54, 1.807) is 6.92 Å². The first-order valence-electron chi connectivity index (χ1n) is 2.76. The molecule has 0 aliphatic carbocycles. The van der Waals surface area contributed by atoms with E-state index in [2.05, 4.69) is 0 Å². The molecule has 0 amide bonds. The fraction of sp³-hybridized carbons (Fsp3) is 0.667. The minimum Gasteiger partial charge on any atom is -0.481 e. The number of rotatable bonds is 3. The molecule has 3 heteroatoms. The van der Waals surface area contributed by atoms with Crippen LogP contribution in [0.1, 0.15) is 20.3 Å². The molecule has 0 aromatic heterocycles. The van der Waals surface area contributed by atoms with Crippen molar-refractivity contribution in [3.63, 3.8) is 0 Å². The Hall–Kier alpha value is -0.860. The van der Waals surface area contributed by atoms with Crippen LogP contribution in [0.15, 0.2) is 0 Å². The van der Waals surface area contributed by atoms with Crippen LogP contribution in [0.2, 0.25) is 0 Å². The fourth-order valence-electron chi connectivity index (χ4n) is 0.285. The average molecular weight is 130 g/mol. The molecule has 0 rings (SSSR count). The van der Waals surface area contributed by atoms with Crippen LogP contribution >= 0.6 is 0 Å². The molecule has 0 heterocycles. The SMILES string of the molecule is CCC(C)(C=O)C(=O)O. The van der Waals surface area contributed by atoms with Crippen LogP contribution in [-0.2, 0) is 9.59 Å². The van der Waals surface area contributed by atoms with E-state index >= 15 is 0 Å². The van der Waals surface area contributed by atoms with Crippen molar-refractivity contribution in [2.24, 2.45) is 5.41 Å². The van der Waals surface area contributed by atoms with Crippen molar-refractivity contribution in [3.05, 3.63) is 0 Å². The van der Waals surface area contributed by atoms with Crippen molar-refractivity contribution in [1.29, 1.82) is 0 Å². The Labute approximate surface area is 53.7 Å². The van der Waals surface area contributed by atoms with Crippen LogP contribution in [-0.4, -0.2) is 17.4 Å². The molecular formula is C6H10O3. The summed E-state index contributed by atoms with van der Waals surface area (Å²) in [6.07, 6.45) is 0.807. The third-order valence-electron chi connectivity index (χ3n) is 1.48. The summed E-state index contributed by atoms with van der Waals surface area (Å²) in [6.45, 7) is 3.07. The Balaban J connectivity index is 4.27. The smallest absolute Gasteiger partial charge is 0.316 e. The number of carboxylic acids is 1. The van der Waals surface area contributed by atoms with E-state index in [0.717, 1.165) is 0 Å². The van der Waals surface area contributed by atoms with Gasteiger partial charge in [-0.2, -0.15) is 0 Å². The minimum absolute atomic E-state index is 0.339. The molecule has 0 fully saturated rings. The van der Waals surface area contributed by atoms with Gasteiger partial charge in [0.2, 0.25) is 0 Å². The number of carbonyl (C=O) groups is 2. The zero-order valence-corrected chi connectivity index (χ0v) is 5.55. The van der Waals surface area contributed by atoms with Gasteiger partial charge in [-0.1, -0.05) is 6.92 Å². The lowest BCUT2D eigenvalue weighted by atomic mass is 9.90. The molecule has 0 saturated carbocycles. The summed E-state index contributed by atoms with van der Waals surface area (Å²) in [7, 11) is 0. The third-order valence-corrected chi connectivity index (χ3v) is 1.48. The summed E-state index contributed by atoms with van der Waals surface area (Å²) in [6, 6.07) is 0. The first-order chi connectivity index (χ1) is 4.06. The summed E-state index contributed by atoms with van der Waals surface area (Å²) >= 11 is 0. The normalized spacial score (nSPS) is 16.2. The maximum absolute atomic E-state index is 10.3. The van der Waals surface area contributed by atoms with Crippen LogP contribution in [0.5, 0.6) is 0 Å². The lowest BCUT2D eigenvalue weighted by Gasteiger charge is -2.12. The lowest BCUT2D eigenvalue weighted by molar-refractivity contribution is -0.150. The van der Waals surface area contributed by atoms with Crippen molar-refractivity contribution in [1.82, 2.24) is 0 Å². The molecule has 0 radical (unpaired) electrons. The molecule has 3 nitrogen and oxygen atoms in total. The van der Waals surface area contributed by atoms with Gasteiger partial charge in [-0.25, -0.2) is 0 Å². The molecular weight excluding hydrogens is 120 g/mol. The first-order valence-corrected chi connectivity index (χ1v) is 2.76. The van der Waals surface area contributed by atoms with Crippen LogP contribution in [0.3, 0.4) is 0 Å². The molecule has 0 spiro atoms. The summed E-state index contributed by atoms with van der Waals surface area (Å²) in [5, 5.41) is 8.40. The molecule has 0 aromatic rings. The van der Waals surface area contributed by atoms with Gasteiger partial charge in [0, 0.05) is 0 Å². The molecule has 0 aromatic carbocycles. The molecule has 1 unspecified atom stereocenters. The minimum atomic E-state index is -1.18. The number of hydrogen-bond donors (Lipinski definition) is 1. The van der Waals surface area contributed by atoms with Gasteiger partial charge in [-0.3, -0.25) is 4.79 Å². The summed E-state index contributed by atoms with van der Waals surface area (Å²) < 4.78 is 0. The van der Waals surface area contributed by atoms with Crippen molar-refractivity contribution < 1.29 is 14.7 Å². The Morgan fingerprint density at radius 1 is 1.78 bits per heavy atom. The van der Waals surface area contributed by atoms with E-state index in [4.69, 9.17) is 5.11 Å². The van der Waals surface area contributed by atoms with E-state index in [1.807, 2.05) is 0 Å². The van der Waals surface area contributed by atoms with Crippen molar-refractivity contribution in [2.45, 2.75) is 20.3 Å². The highest BCUT2D eigenvalue weighted by atomic mass is 16.4. The van der Waals surface area contributed by atoms with Crippen LogP contribution in [0.4, 0.5) is 0 Å². The van der Waals surface area contributed by atoms with E-state index in [9.17, 15) is 9.59 Å². The van der Waals surface area contributed by atoms with Crippen molar-refractivity contribution >= 4 is 12.3 Å². The predicted octanol–water partition coefficient (Wildman–Crippen LogP) is 0.686. The van der Waals surface area contributed by atoms with Gasteiger partial charge in [0.05, 0.1) is 0 Å². The average Bonchev–Trinajstić information content (AvgIpc) is 1.86. The Morgan fingerprint density at radius 3 is 2.22 bits per heavy atom. The predicted molar refractivity (Wildman–Crippen MR) is 32.1 cm³/mol. The van der Waals surface area contributed by atoms with Gasteiger partial charge in [0.25, 0.3) is 0 Å². The van der Waals surface area contributed by atoms with E-state index in [1.165, 1.54) is 6.92 Å². The molecule has 1 N–H and O–H groups in total. The van der Waals surface area contributed by atoms with Gasteiger partial charge in [0.15, 0.2) is 0 Å². The molecule has 1 atom stereocenters. The van der Waals surface area contributed by atoms with Crippen LogP contribution < -0.4 is 0 Å². The highest BCUT2D eigenvalue weighted by molar-refractivity contribution is 5.91. The lowest BCUT2D eigenvalue weighted by Crippen LogP contribution is -2.27. The zero-order chi connectivity index (χ0) is 7.49. The topological polar surface area (TPSA) is 54.4 Å². The highest BCUT2D eigenvalue weighted by Gasteiger charge is 2.29. The third kappa shape index (κ3) is 1.52. The summed E-state index contributed by atoms with van der Waals surface area (Å²) in [4.78, 5) is 20.4. The molecule has 52 valence electrons. The standard InChI is InChI=1S/C6H10O3/c1-3-6(2,4-7)5(8)9/h4H,3H2,1-2H3,(H,8,9). The number of hydrogen-bond acceptors (Lipinski definition) is 2. The summed E-state index contributed by atoms with van der Waals surface area (Å²) in [5.41, 5.74) is -1.18. The Kier molecular flexibility index (Phi) is 2.37. The Bertz CT molecular complexity index is 130. The fourth-order valence-corrected chi connectivity index (χ4v) is 0.285. The second kappa shape index (κ2) is 2.62. The number of carbonyl (C=O) groups excluding carboxylic acids is 1. The molecule has 0 saturated heterocycles. The van der Waals surface area contributed by atoms with Gasteiger partial charge in [-0.15, -0.1) is 0 Å². The van der Waals surface area contributed by atoms with E-state index in [0.29, 0.717) is 12.7 Å². The van der Waals surface area contributed by atoms with Crippen molar-refractivity contribution in [3.8, 4) is 0 Å². The second-order valence-electron chi connectivity index (χ2n) is 2.19. The summed E-state index contributed by atoms with van der Waals surface area (Å²) in [5.74, 6) is -1.06. The molecule has 0 bridgehead atoms. The second-order valence-corrected chi connectivity index (χ2v) is 2.19. The van der Waals surface area contributed by atoms with Gasteiger partial charge in [0.1, 0.15) is 11.7 Å². The first kappa shape index (κ1) is 8.14. The number of aldehydes is 1. The van der Waals surface area contributed by atoms with Gasteiger partial charge >= 0.3 is 5.97 Å². The number of carboxylic acid groups (broad SMARTS) is 1. The van der Waals surface area contributed by atoms with E-state index < -0.39 is 11.4 Å². The zero-order valence-electron chi connectivity index (χ0n) is 5.55. The highest BCUT2D eigenvalue weighted by Crippen LogP contribution is 2.16. The quantitative estimate of drug-likeness (QED) is 0.451. The van der Waals surface area contributed by atoms with Crippen LogP contribution in [0.25, 0.3) is 0 Å². The van der Waals surface area contributed by atoms with Crippen LogP contribution in [0, 0.1) is 5.41 Å². The molecule has 0 aliphatic rings. The monoisotopic (exact) mass is 130 g/mol. The van der Waals surface area contributed by atoms with Crippen molar-refractivity contribution in [2.75, 3.05) is 0 Å². The number of aliphatic carboxylic acids is 1. The largest absolute Gasteiger partial charge is 0.481 e. The Morgan fingerprint density at radius 2 is 2.22 bits per heavy atom. The molecule has 9 heavy (non-hydrogen) atoms. The van der Waals surface area contributed by atoms with Gasteiger partial charge < -0.3 is 9.90 Å². The maximum Gasteiger partial charge on any atom is 0.316 e.